The number of likely N-dealkylation sites (tertiary alicyclic amines) is 1. The summed E-state index contributed by atoms with van der Waals surface area (Å²) >= 11 is 0. The van der Waals surface area contributed by atoms with Crippen molar-refractivity contribution in [3.8, 4) is 0 Å². The smallest absolute Gasteiger partial charge is 0.0572 e. The maximum atomic E-state index is 5.45. The molecule has 94 valence electrons. The Kier molecular flexibility index (Phi) is 4.62. The van der Waals surface area contributed by atoms with Gasteiger partial charge in [-0.25, -0.2) is 0 Å². The van der Waals surface area contributed by atoms with Gasteiger partial charge in [-0.05, 0) is 52.1 Å². The van der Waals surface area contributed by atoms with Gasteiger partial charge in [0.25, 0.3) is 0 Å². The van der Waals surface area contributed by atoms with Crippen LogP contribution in [0.2, 0.25) is 0 Å². The predicted octanol–water partition coefficient (Wildman–Crippen LogP) is 1.63. The second kappa shape index (κ2) is 5.99. The monoisotopic (exact) mass is 226 g/mol. The molecule has 3 heteroatoms. The van der Waals surface area contributed by atoms with Crippen LogP contribution in [-0.4, -0.2) is 50.3 Å². The Morgan fingerprint density at radius 2 is 1.94 bits per heavy atom. The van der Waals surface area contributed by atoms with E-state index in [9.17, 15) is 0 Å². The topological polar surface area (TPSA) is 24.5 Å². The molecule has 2 rings (SSSR count). The number of methoxy groups -OCH3 is 1. The Morgan fingerprint density at radius 1 is 1.19 bits per heavy atom. The van der Waals surface area contributed by atoms with Crippen LogP contribution in [0, 0.1) is 0 Å². The Morgan fingerprint density at radius 3 is 2.56 bits per heavy atom. The van der Waals surface area contributed by atoms with Crippen molar-refractivity contribution in [3.63, 3.8) is 0 Å². The molecule has 1 heterocycles. The molecule has 1 aliphatic heterocycles. The number of nitrogens with zero attached hydrogens (tertiary/aromatic N) is 1. The minimum Gasteiger partial charge on any atom is -0.381 e. The highest BCUT2D eigenvalue weighted by Gasteiger charge is 2.32. The average molecular weight is 226 g/mol. The molecular weight excluding hydrogens is 200 g/mol. The standard InChI is InChI=1S/C13H26N2O/c1-14-10-12-4-3-9-15(12)11-5-7-13(16-2)8-6-11/h11-14H,3-10H2,1-2H3. The Bertz CT molecular complexity index is 202. The fourth-order valence-corrected chi connectivity index (χ4v) is 3.41. The summed E-state index contributed by atoms with van der Waals surface area (Å²) in [4.78, 5) is 2.75. The molecule has 16 heavy (non-hydrogen) atoms. The van der Waals surface area contributed by atoms with Crippen molar-refractivity contribution in [1.82, 2.24) is 10.2 Å². The fraction of sp³-hybridized carbons (Fsp3) is 1.00. The zero-order valence-electron chi connectivity index (χ0n) is 10.7. The van der Waals surface area contributed by atoms with Gasteiger partial charge in [0.2, 0.25) is 0 Å². The van der Waals surface area contributed by atoms with Crippen LogP contribution in [0.15, 0.2) is 0 Å². The third-order valence-corrected chi connectivity index (χ3v) is 4.31. The summed E-state index contributed by atoms with van der Waals surface area (Å²) in [6.45, 7) is 2.47. The largest absolute Gasteiger partial charge is 0.381 e. The van der Waals surface area contributed by atoms with Gasteiger partial charge in [0.1, 0.15) is 0 Å². The fourth-order valence-electron chi connectivity index (χ4n) is 3.41. The summed E-state index contributed by atoms with van der Waals surface area (Å²) in [5, 5.41) is 3.33. The van der Waals surface area contributed by atoms with E-state index in [4.69, 9.17) is 4.74 Å². The van der Waals surface area contributed by atoms with Gasteiger partial charge in [-0.1, -0.05) is 0 Å². The van der Waals surface area contributed by atoms with Crippen LogP contribution in [0.4, 0.5) is 0 Å². The first kappa shape index (κ1) is 12.3. The molecule has 1 aliphatic carbocycles. The molecule has 0 aromatic heterocycles. The Hall–Kier alpha value is -0.120. The van der Waals surface area contributed by atoms with Gasteiger partial charge in [0, 0.05) is 25.7 Å². The van der Waals surface area contributed by atoms with Gasteiger partial charge in [-0.3, -0.25) is 4.90 Å². The molecule has 1 saturated carbocycles. The van der Waals surface area contributed by atoms with Crippen molar-refractivity contribution in [1.29, 1.82) is 0 Å². The van der Waals surface area contributed by atoms with Crippen molar-refractivity contribution in [3.05, 3.63) is 0 Å². The van der Waals surface area contributed by atoms with E-state index >= 15 is 0 Å². The first-order chi connectivity index (χ1) is 7.85. The zero-order valence-corrected chi connectivity index (χ0v) is 10.7. The average Bonchev–Trinajstić information content (AvgIpc) is 2.78. The molecule has 1 atom stereocenters. The number of hydrogen-bond donors (Lipinski definition) is 1. The highest BCUT2D eigenvalue weighted by molar-refractivity contribution is 4.88. The highest BCUT2D eigenvalue weighted by Crippen LogP contribution is 2.29. The van der Waals surface area contributed by atoms with E-state index in [0.717, 1.165) is 18.6 Å². The van der Waals surface area contributed by atoms with E-state index in [2.05, 4.69) is 17.3 Å². The van der Waals surface area contributed by atoms with E-state index in [0.29, 0.717) is 6.10 Å². The minimum atomic E-state index is 0.529. The van der Waals surface area contributed by atoms with Gasteiger partial charge >= 0.3 is 0 Å². The maximum Gasteiger partial charge on any atom is 0.0572 e. The number of ether oxygens (including phenoxy) is 1. The third kappa shape index (κ3) is 2.76. The Labute approximate surface area is 99.5 Å². The predicted molar refractivity (Wildman–Crippen MR) is 66.7 cm³/mol. The molecule has 0 bridgehead atoms. The second-order valence-electron chi connectivity index (χ2n) is 5.26. The molecule has 3 nitrogen and oxygen atoms in total. The molecule has 1 saturated heterocycles. The summed E-state index contributed by atoms with van der Waals surface area (Å²) in [6, 6.07) is 1.61. The van der Waals surface area contributed by atoms with Crippen LogP contribution in [0.3, 0.4) is 0 Å². The van der Waals surface area contributed by atoms with Crippen LogP contribution in [0.1, 0.15) is 38.5 Å². The lowest BCUT2D eigenvalue weighted by Gasteiger charge is -2.37. The number of rotatable bonds is 4. The van der Waals surface area contributed by atoms with Gasteiger partial charge < -0.3 is 10.1 Å². The van der Waals surface area contributed by atoms with E-state index in [1.54, 1.807) is 0 Å². The van der Waals surface area contributed by atoms with Gasteiger partial charge in [0.15, 0.2) is 0 Å². The van der Waals surface area contributed by atoms with Crippen molar-refractivity contribution < 1.29 is 4.74 Å². The summed E-state index contributed by atoms with van der Waals surface area (Å²) < 4.78 is 5.45. The van der Waals surface area contributed by atoms with E-state index < -0.39 is 0 Å². The lowest BCUT2D eigenvalue weighted by Crippen LogP contribution is -2.45. The molecule has 2 aliphatic rings. The molecule has 0 spiro atoms. The van der Waals surface area contributed by atoms with Gasteiger partial charge in [0.05, 0.1) is 6.10 Å². The van der Waals surface area contributed by atoms with Crippen LogP contribution in [0.5, 0.6) is 0 Å². The number of hydrogen-bond acceptors (Lipinski definition) is 3. The molecular formula is C13H26N2O. The number of likely N-dealkylation sites (N-methyl/N-ethyl adjacent to an activating group) is 1. The quantitative estimate of drug-likeness (QED) is 0.788. The summed E-state index contributed by atoms with van der Waals surface area (Å²) in [7, 11) is 3.92. The highest BCUT2D eigenvalue weighted by atomic mass is 16.5. The van der Waals surface area contributed by atoms with Crippen molar-refractivity contribution in [2.24, 2.45) is 0 Å². The van der Waals surface area contributed by atoms with Gasteiger partial charge in [-0.2, -0.15) is 0 Å². The van der Waals surface area contributed by atoms with Crippen LogP contribution in [-0.2, 0) is 4.74 Å². The first-order valence-corrected chi connectivity index (χ1v) is 6.78. The molecule has 0 amide bonds. The van der Waals surface area contributed by atoms with Crippen molar-refractivity contribution >= 4 is 0 Å². The molecule has 0 radical (unpaired) electrons. The molecule has 1 unspecified atom stereocenters. The van der Waals surface area contributed by atoms with E-state index in [-0.39, 0.29) is 0 Å². The van der Waals surface area contributed by atoms with Crippen LogP contribution >= 0.6 is 0 Å². The molecule has 2 fully saturated rings. The van der Waals surface area contributed by atoms with Crippen LogP contribution in [0.25, 0.3) is 0 Å². The molecule has 0 aromatic carbocycles. The second-order valence-corrected chi connectivity index (χ2v) is 5.26. The van der Waals surface area contributed by atoms with Gasteiger partial charge in [-0.15, -0.1) is 0 Å². The maximum absolute atomic E-state index is 5.45. The molecule has 1 N–H and O–H groups in total. The minimum absolute atomic E-state index is 0.529. The Balaban J connectivity index is 1.83. The molecule has 0 aromatic rings. The zero-order chi connectivity index (χ0) is 11.4. The van der Waals surface area contributed by atoms with E-state index in [1.807, 2.05) is 7.11 Å². The van der Waals surface area contributed by atoms with Crippen LogP contribution < -0.4 is 5.32 Å². The lowest BCUT2D eigenvalue weighted by atomic mass is 9.91. The SMILES string of the molecule is CNCC1CCCN1C1CCC(OC)CC1. The third-order valence-electron chi connectivity index (χ3n) is 4.31. The lowest BCUT2D eigenvalue weighted by molar-refractivity contribution is 0.0354. The number of nitrogens with one attached hydrogen (secondary N) is 1. The van der Waals surface area contributed by atoms with Crippen molar-refractivity contribution in [2.75, 3.05) is 27.2 Å². The van der Waals surface area contributed by atoms with E-state index in [1.165, 1.54) is 45.1 Å². The first-order valence-electron chi connectivity index (χ1n) is 6.78. The summed E-state index contributed by atoms with van der Waals surface area (Å²) in [5.74, 6) is 0. The summed E-state index contributed by atoms with van der Waals surface area (Å²) in [6.07, 6.45) is 8.47. The summed E-state index contributed by atoms with van der Waals surface area (Å²) in [5.41, 5.74) is 0. The normalized spacial score (nSPS) is 36.8. The van der Waals surface area contributed by atoms with Crippen molar-refractivity contribution in [2.45, 2.75) is 56.7 Å².